The van der Waals surface area contributed by atoms with Crippen molar-refractivity contribution in [3.8, 4) is 0 Å². The lowest BCUT2D eigenvalue weighted by atomic mass is 9.44. The molecule has 6 aliphatic carbocycles. The fraction of sp³-hybridized carbons (Fsp3) is 0.830. The number of fused-ring (bicyclic) bond motifs is 5. The lowest BCUT2D eigenvalue weighted by molar-refractivity contribution is -0.347. The van der Waals surface area contributed by atoms with Crippen LogP contribution in [0.25, 0.3) is 0 Å². The summed E-state index contributed by atoms with van der Waals surface area (Å²) in [5.74, 6) is -6.63. The van der Waals surface area contributed by atoms with Crippen molar-refractivity contribution in [2.24, 2.45) is 34.5 Å². The van der Waals surface area contributed by atoms with E-state index in [-0.39, 0.29) is 41.9 Å². The average molecular weight is 872 g/mol. The third kappa shape index (κ3) is 8.03. The largest absolute Gasteiger partial charge is 0.459 e. The number of nitrogens with one attached hydrogen (secondary N) is 1. The summed E-state index contributed by atoms with van der Waals surface area (Å²) in [4.78, 5) is 84.2. The number of ketones is 1. The minimum Gasteiger partial charge on any atom is -0.459 e. The zero-order valence-electron chi connectivity index (χ0n) is 37.4. The van der Waals surface area contributed by atoms with Gasteiger partial charge in [-0.3, -0.25) is 24.0 Å². The normalized spacial score (nSPS) is 37.5. The molecule has 346 valence electrons. The topological polar surface area (TPSA) is 221 Å². The summed E-state index contributed by atoms with van der Waals surface area (Å²) in [6.07, 6.45) is 2.45. The van der Waals surface area contributed by atoms with E-state index in [0.717, 1.165) is 77.6 Å². The van der Waals surface area contributed by atoms with Crippen LogP contribution in [0.1, 0.15) is 151 Å². The van der Waals surface area contributed by atoms with Crippen LogP contribution in [0.2, 0.25) is 0 Å². The van der Waals surface area contributed by atoms with Gasteiger partial charge in [0.2, 0.25) is 5.91 Å². The summed E-state index contributed by atoms with van der Waals surface area (Å²) < 4.78 is 30.8. The number of carbonyl (C=O) groups excluding carboxylic acids is 6. The van der Waals surface area contributed by atoms with E-state index in [4.69, 9.17) is 23.7 Å². The maximum atomic E-state index is 15.5. The number of ether oxygens (including phenoxy) is 5. The zero-order chi connectivity index (χ0) is 44.9. The Bertz CT molecular complexity index is 1790. The number of amides is 1. The highest BCUT2D eigenvalue weighted by Gasteiger charge is 2.78. The maximum absolute atomic E-state index is 15.5. The number of Topliss-reactive ketones (excluding diaryl/α,β-unsaturated/α-hetero) is 1. The summed E-state index contributed by atoms with van der Waals surface area (Å²) in [7, 11) is 0. The van der Waals surface area contributed by atoms with Crippen LogP contribution in [-0.2, 0) is 52.5 Å². The van der Waals surface area contributed by atoms with Crippen LogP contribution in [0.15, 0.2) is 11.1 Å². The number of esters is 4. The van der Waals surface area contributed by atoms with Crippen molar-refractivity contribution >= 4 is 35.6 Å². The molecule has 0 radical (unpaired) electrons. The Morgan fingerprint density at radius 2 is 1.39 bits per heavy atom. The molecule has 0 spiro atoms. The molecular weight excluding hydrogens is 803 g/mol. The second kappa shape index (κ2) is 17.9. The highest BCUT2D eigenvalue weighted by Crippen LogP contribution is 2.64. The Morgan fingerprint density at radius 1 is 0.806 bits per heavy atom. The Labute approximate surface area is 364 Å². The summed E-state index contributed by atoms with van der Waals surface area (Å²) in [5, 5.41) is 40.9. The van der Waals surface area contributed by atoms with Gasteiger partial charge < -0.3 is 44.3 Å². The van der Waals surface area contributed by atoms with Crippen molar-refractivity contribution in [1.82, 2.24) is 5.32 Å². The molecule has 7 rings (SSSR count). The van der Waals surface area contributed by atoms with E-state index in [9.17, 15) is 39.3 Å². The smallest absolute Gasteiger partial charge is 0.337 e. The molecule has 5 saturated carbocycles. The van der Waals surface area contributed by atoms with E-state index in [1.807, 2.05) is 0 Å². The molecule has 11 atom stereocenters. The fourth-order valence-electron chi connectivity index (χ4n) is 12.8. The van der Waals surface area contributed by atoms with Crippen molar-refractivity contribution in [3.63, 3.8) is 0 Å². The van der Waals surface area contributed by atoms with Crippen molar-refractivity contribution in [1.29, 1.82) is 0 Å². The van der Waals surface area contributed by atoms with Gasteiger partial charge >= 0.3 is 23.9 Å². The predicted molar refractivity (Wildman–Crippen MR) is 220 cm³/mol. The SMILES string of the molecule is CC(=O)O[C@H]1C(=O)[C@@]2(C)C([C@H](OC(=O)C3CCCCC3)[C@]3(O)C[C@H](OC(=O)[C@H](O)C(NC(=O)C4CCCCC4)C4CCCCC4)C(C)=C1C3(C)C)[C@]1(OC(C)=O)CO[C@@H]1C[C@@H]2O. The van der Waals surface area contributed by atoms with E-state index < -0.39 is 113 Å². The summed E-state index contributed by atoms with van der Waals surface area (Å²) in [6, 6.07) is -0.943. The number of carbonyl (C=O) groups is 6. The van der Waals surface area contributed by atoms with Gasteiger partial charge in [0.1, 0.15) is 23.9 Å². The van der Waals surface area contributed by atoms with Gasteiger partial charge in [0.25, 0.3) is 0 Å². The molecule has 15 heteroatoms. The highest BCUT2D eigenvalue weighted by molar-refractivity contribution is 5.95. The lowest BCUT2D eigenvalue weighted by Crippen LogP contribution is -2.82. The molecule has 15 nitrogen and oxygen atoms in total. The molecule has 1 amide bonds. The molecule has 4 N–H and O–H groups in total. The molecule has 1 aliphatic heterocycles. The first-order chi connectivity index (χ1) is 29.3. The predicted octanol–water partition coefficient (Wildman–Crippen LogP) is 4.48. The van der Waals surface area contributed by atoms with Crippen LogP contribution in [0.3, 0.4) is 0 Å². The quantitative estimate of drug-likeness (QED) is 0.135. The van der Waals surface area contributed by atoms with Crippen LogP contribution < -0.4 is 5.32 Å². The van der Waals surface area contributed by atoms with Gasteiger partial charge in [-0.1, -0.05) is 71.6 Å². The number of hydrogen-bond donors (Lipinski definition) is 4. The van der Waals surface area contributed by atoms with Crippen LogP contribution in [0.4, 0.5) is 0 Å². The molecule has 1 saturated heterocycles. The molecular formula is C47H69NO14. The van der Waals surface area contributed by atoms with Crippen molar-refractivity contribution in [3.05, 3.63) is 11.1 Å². The van der Waals surface area contributed by atoms with E-state index in [0.29, 0.717) is 25.7 Å². The Hall–Kier alpha value is -3.40. The van der Waals surface area contributed by atoms with Crippen LogP contribution in [0, 0.1) is 34.5 Å². The zero-order valence-corrected chi connectivity index (χ0v) is 37.4. The first kappa shape index (κ1) is 46.6. The van der Waals surface area contributed by atoms with Gasteiger partial charge in [-0.15, -0.1) is 0 Å². The van der Waals surface area contributed by atoms with Crippen LogP contribution >= 0.6 is 0 Å². The van der Waals surface area contributed by atoms with E-state index in [1.54, 1.807) is 20.8 Å². The monoisotopic (exact) mass is 871 g/mol. The fourth-order valence-corrected chi connectivity index (χ4v) is 12.8. The molecule has 6 fully saturated rings. The molecule has 0 aromatic carbocycles. The standard InChI is InChI=1S/C47H69NO14/c1-25-31(60-43(56)36(52)35(28-16-10-7-11-17-28)48-41(54)29-18-12-8-13-19-29)23-47(57)40(61-42(55)30-20-14-9-15-21-30)38-45(6,32(51)22-33-46(38,24-58-33)62-27(3)50)39(53)37(59-26(2)49)34(25)44(47,4)5/h28-33,35-38,40,51-52,57H,7-24H2,1-6H3,(H,48,54)/t31-,32-,33+,35?,36+,37+,38?,40-,45+,46-,47+/m0/s1. The third-order valence-corrected chi connectivity index (χ3v) is 16.4. The van der Waals surface area contributed by atoms with Gasteiger partial charge in [0, 0.05) is 38.0 Å². The maximum Gasteiger partial charge on any atom is 0.337 e. The van der Waals surface area contributed by atoms with Gasteiger partial charge in [0.05, 0.1) is 36.0 Å². The van der Waals surface area contributed by atoms with Gasteiger partial charge in [0.15, 0.2) is 23.6 Å². The van der Waals surface area contributed by atoms with E-state index in [1.165, 1.54) is 13.8 Å². The van der Waals surface area contributed by atoms with E-state index >= 15 is 4.79 Å². The van der Waals surface area contributed by atoms with Crippen LogP contribution in [0.5, 0.6) is 0 Å². The average Bonchev–Trinajstić information content (AvgIpc) is 3.24. The summed E-state index contributed by atoms with van der Waals surface area (Å²) in [5.41, 5.74) is -7.13. The van der Waals surface area contributed by atoms with Crippen LogP contribution in [-0.4, -0.2) is 111 Å². The first-order valence-corrected chi connectivity index (χ1v) is 23.3. The lowest BCUT2D eigenvalue weighted by Gasteiger charge is -2.67. The van der Waals surface area contributed by atoms with Crippen molar-refractivity contribution in [2.75, 3.05) is 6.61 Å². The number of aliphatic hydroxyl groups is 3. The number of aliphatic hydroxyl groups excluding tert-OH is 2. The first-order valence-electron chi connectivity index (χ1n) is 23.3. The third-order valence-electron chi connectivity index (χ3n) is 16.4. The molecule has 2 unspecified atom stereocenters. The van der Waals surface area contributed by atoms with E-state index in [2.05, 4.69) is 5.32 Å². The summed E-state index contributed by atoms with van der Waals surface area (Å²) in [6.45, 7) is 8.43. The molecule has 2 bridgehead atoms. The molecule has 1 heterocycles. The van der Waals surface area contributed by atoms with Gasteiger partial charge in [-0.05, 0) is 69.4 Å². The number of rotatable bonds is 10. The van der Waals surface area contributed by atoms with Gasteiger partial charge in [-0.2, -0.15) is 0 Å². The summed E-state index contributed by atoms with van der Waals surface area (Å²) >= 11 is 0. The second-order valence-electron chi connectivity index (χ2n) is 20.4. The molecule has 0 aromatic rings. The molecule has 7 aliphatic rings. The van der Waals surface area contributed by atoms with Crippen molar-refractivity contribution in [2.45, 2.75) is 205 Å². The number of hydrogen-bond acceptors (Lipinski definition) is 14. The second-order valence-corrected chi connectivity index (χ2v) is 20.4. The highest BCUT2D eigenvalue weighted by atomic mass is 16.6. The minimum absolute atomic E-state index is 0.0901. The minimum atomic E-state index is -2.27. The molecule has 62 heavy (non-hydrogen) atoms. The Kier molecular flexibility index (Phi) is 13.4. The van der Waals surface area contributed by atoms with Gasteiger partial charge in [-0.25, -0.2) is 4.79 Å². The van der Waals surface area contributed by atoms with Crippen molar-refractivity contribution < 1.29 is 67.8 Å². The Morgan fingerprint density at radius 3 is 1.94 bits per heavy atom. The Balaban J connectivity index is 1.34. The molecule has 0 aromatic heterocycles.